The number of hydrogen-bond acceptors (Lipinski definition) is 4. The van der Waals surface area contributed by atoms with Gasteiger partial charge in [0.1, 0.15) is 5.75 Å². The van der Waals surface area contributed by atoms with Gasteiger partial charge in [-0.15, -0.1) is 0 Å². The Morgan fingerprint density at radius 2 is 2.00 bits per heavy atom. The van der Waals surface area contributed by atoms with Crippen molar-refractivity contribution in [1.29, 1.82) is 0 Å². The van der Waals surface area contributed by atoms with Crippen LogP contribution in [0.25, 0.3) is 0 Å². The van der Waals surface area contributed by atoms with Gasteiger partial charge in [-0.3, -0.25) is 4.90 Å². The molecule has 1 atom stereocenters. The van der Waals surface area contributed by atoms with Gasteiger partial charge in [-0.2, -0.15) is 11.3 Å². The largest absolute Gasteiger partial charge is 0.495 e. The number of hydrogen-bond donors (Lipinski definition) is 2. The molecule has 5 nitrogen and oxygen atoms in total. The van der Waals surface area contributed by atoms with Gasteiger partial charge in [0.15, 0.2) is 0 Å². The molecule has 2 N–H and O–H groups in total. The third kappa shape index (κ3) is 4.72. The summed E-state index contributed by atoms with van der Waals surface area (Å²) in [6.07, 6.45) is 0. The van der Waals surface area contributed by atoms with E-state index in [1.54, 1.807) is 18.4 Å². The predicted octanol–water partition coefficient (Wildman–Crippen LogP) is 3.96. The van der Waals surface area contributed by atoms with Crippen molar-refractivity contribution < 1.29 is 9.53 Å². The number of carbonyl (C=O) groups excluding carboxylic acids is 1. The third-order valence-corrected chi connectivity index (χ3v) is 4.69. The second-order valence-electron chi connectivity index (χ2n) is 5.33. The van der Waals surface area contributed by atoms with E-state index < -0.39 is 0 Å². The number of benzene rings is 1. The topological polar surface area (TPSA) is 53.6 Å². The summed E-state index contributed by atoms with van der Waals surface area (Å²) in [5.74, 6) is 0.644. The number of para-hydroxylation sites is 2. The van der Waals surface area contributed by atoms with Gasteiger partial charge in [0.25, 0.3) is 0 Å². The molecule has 2 aromatic rings. The fraction of sp³-hybridized carbons (Fsp3) is 0.389. The van der Waals surface area contributed by atoms with Crippen LogP contribution < -0.4 is 15.4 Å². The van der Waals surface area contributed by atoms with Gasteiger partial charge < -0.3 is 15.4 Å². The average molecular weight is 347 g/mol. The molecule has 24 heavy (non-hydrogen) atoms. The van der Waals surface area contributed by atoms with E-state index in [0.717, 1.165) is 13.1 Å². The molecule has 0 aliphatic rings. The minimum absolute atomic E-state index is 0.176. The summed E-state index contributed by atoms with van der Waals surface area (Å²) in [6.45, 7) is 6.70. The van der Waals surface area contributed by atoms with E-state index in [-0.39, 0.29) is 12.1 Å². The van der Waals surface area contributed by atoms with Crippen molar-refractivity contribution in [3.05, 3.63) is 46.7 Å². The molecule has 130 valence electrons. The molecular formula is C18H25N3O2S. The van der Waals surface area contributed by atoms with E-state index >= 15 is 0 Å². The SMILES string of the molecule is CCN(CC)C(CNC(=O)Nc1ccccc1OC)c1ccsc1. The lowest BCUT2D eigenvalue weighted by molar-refractivity contribution is 0.210. The van der Waals surface area contributed by atoms with Crippen LogP contribution in [0.1, 0.15) is 25.5 Å². The molecular weight excluding hydrogens is 322 g/mol. The number of anilines is 1. The Bertz CT molecular complexity index is 627. The molecule has 1 aromatic heterocycles. The van der Waals surface area contributed by atoms with Gasteiger partial charge in [-0.05, 0) is 47.6 Å². The number of nitrogens with zero attached hydrogens (tertiary/aromatic N) is 1. The molecule has 2 amide bonds. The Balaban J connectivity index is 1.99. The summed E-state index contributed by atoms with van der Waals surface area (Å²) < 4.78 is 5.25. The second-order valence-corrected chi connectivity index (χ2v) is 6.11. The van der Waals surface area contributed by atoms with E-state index in [4.69, 9.17) is 4.74 Å². The number of nitrogens with one attached hydrogen (secondary N) is 2. The average Bonchev–Trinajstić information content (AvgIpc) is 3.13. The summed E-state index contributed by atoms with van der Waals surface area (Å²) in [4.78, 5) is 14.6. The van der Waals surface area contributed by atoms with Crippen molar-refractivity contribution >= 4 is 23.1 Å². The zero-order valence-electron chi connectivity index (χ0n) is 14.4. The van der Waals surface area contributed by atoms with Crippen LogP contribution in [0.3, 0.4) is 0 Å². The fourth-order valence-electron chi connectivity index (χ4n) is 2.69. The van der Waals surface area contributed by atoms with E-state index in [2.05, 4.69) is 46.2 Å². The van der Waals surface area contributed by atoms with Crippen LogP contribution in [0.15, 0.2) is 41.1 Å². The van der Waals surface area contributed by atoms with Gasteiger partial charge in [0.2, 0.25) is 0 Å². The quantitative estimate of drug-likeness (QED) is 0.760. The van der Waals surface area contributed by atoms with Crippen molar-refractivity contribution in [2.45, 2.75) is 19.9 Å². The molecule has 0 saturated carbocycles. The van der Waals surface area contributed by atoms with Crippen LogP contribution in [0.2, 0.25) is 0 Å². The van der Waals surface area contributed by atoms with Crippen molar-refractivity contribution in [2.24, 2.45) is 0 Å². The summed E-state index contributed by atoms with van der Waals surface area (Å²) in [5.41, 5.74) is 1.90. The fourth-order valence-corrected chi connectivity index (χ4v) is 3.40. The highest BCUT2D eigenvalue weighted by Gasteiger charge is 2.19. The number of rotatable bonds is 8. The minimum atomic E-state index is -0.230. The minimum Gasteiger partial charge on any atom is -0.495 e. The first kappa shape index (κ1) is 18.3. The molecule has 1 aromatic carbocycles. The van der Waals surface area contributed by atoms with Crippen molar-refractivity contribution in [2.75, 3.05) is 32.1 Å². The second kappa shape index (κ2) is 9.30. The number of ether oxygens (including phenoxy) is 1. The van der Waals surface area contributed by atoms with E-state index in [9.17, 15) is 4.79 Å². The number of methoxy groups -OCH3 is 1. The monoisotopic (exact) mass is 347 g/mol. The first-order valence-electron chi connectivity index (χ1n) is 8.13. The Kier molecular flexibility index (Phi) is 7.08. The zero-order valence-corrected chi connectivity index (χ0v) is 15.2. The summed E-state index contributed by atoms with van der Waals surface area (Å²) in [6, 6.07) is 9.44. The lowest BCUT2D eigenvalue weighted by Gasteiger charge is -2.29. The number of urea groups is 1. The van der Waals surface area contributed by atoms with Gasteiger partial charge in [-0.25, -0.2) is 4.79 Å². The van der Waals surface area contributed by atoms with Gasteiger partial charge in [-0.1, -0.05) is 26.0 Å². The van der Waals surface area contributed by atoms with E-state index in [1.165, 1.54) is 5.56 Å². The lowest BCUT2D eigenvalue weighted by atomic mass is 10.1. The van der Waals surface area contributed by atoms with Crippen LogP contribution in [0.5, 0.6) is 5.75 Å². The molecule has 0 fully saturated rings. The Hall–Kier alpha value is -2.05. The summed E-state index contributed by atoms with van der Waals surface area (Å²) >= 11 is 1.68. The molecule has 6 heteroatoms. The summed E-state index contributed by atoms with van der Waals surface area (Å²) in [7, 11) is 1.59. The Morgan fingerprint density at radius 1 is 1.25 bits per heavy atom. The highest BCUT2D eigenvalue weighted by Crippen LogP contribution is 2.24. The van der Waals surface area contributed by atoms with Crippen LogP contribution in [0.4, 0.5) is 10.5 Å². The first-order valence-corrected chi connectivity index (χ1v) is 9.07. The number of thiophene rings is 1. The van der Waals surface area contributed by atoms with Gasteiger partial charge in [0, 0.05) is 6.54 Å². The molecule has 2 rings (SSSR count). The number of carbonyl (C=O) groups is 1. The standard InChI is InChI=1S/C18H25N3O2S/c1-4-21(5-2)16(14-10-11-24-13-14)12-19-18(22)20-15-8-6-7-9-17(15)23-3/h6-11,13,16H,4-5,12H2,1-3H3,(H2,19,20,22). The molecule has 1 unspecified atom stereocenters. The van der Waals surface area contributed by atoms with E-state index in [0.29, 0.717) is 18.0 Å². The highest BCUT2D eigenvalue weighted by molar-refractivity contribution is 7.07. The maximum atomic E-state index is 12.3. The molecule has 0 bridgehead atoms. The third-order valence-electron chi connectivity index (χ3n) is 3.99. The van der Waals surface area contributed by atoms with Crippen molar-refractivity contribution in [3.63, 3.8) is 0 Å². The van der Waals surface area contributed by atoms with Gasteiger partial charge in [0.05, 0.1) is 18.8 Å². The molecule has 0 saturated heterocycles. The maximum Gasteiger partial charge on any atom is 0.319 e. The molecule has 0 aliphatic carbocycles. The molecule has 0 radical (unpaired) electrons. The molecule has 0 aliphatic heterocycles. The van der Waals surface area contributed by atoms with Crippen molar-refractivity contribution in [3.8, 4) is 5.75 Å². The van der Waals surface area contributed by atoms with Crippen LogP contribution >= 0.6 is 11.3 Å². The highest BCUT2D eigenvalue weighted by atomic mass is 32.1. The maximum absolute atomic E-state index is 12.3. The normalized spacial score (nSPS) is 12.0. The zero-order chi connectivity index (χ0) is 17.4. The smallest absolute Gasteiger partial charge is 0.319 e. The van der Waals surface area contributed by atoms with E-state index in [1.807, 2.05) is 24.3 Å². The van der Waals surface area contributed by atoms with Crippen LogP contribution in [-0.2, 0) is 0 Å². The summed E-state index contributed by atoms with van der Waals surface area (Å²) in [5, 5.41) is 10.0. The molecule has 0 spiro atoms. The predicted molar refractivity (Wildman–Crippen MR) is 100.0 cm³/mol. The Morgan fingerprint density at radius 3 is 2.62 bits per heavy atom. The molecule has 1 heterocycles. The van der Waals surface area contributed by atoms with Crippen molar-refractivity contribution in [1.82, 2.24) is 10.2 Å². The number of amides is 2. The van der Waals surface area contributed by atoms with Crippen LogP contribution in [-0.4, -0.2) is 37.7 Å². The van der Waals surface area contributed by atoms with Crippen LogP contribution in [0, 0.1) is 0 Å². The number of likely N-dealkylation sites (N-methyl/N-ethyl adjacent to an activating group) is 1. The van der Waals surface area contributed by atoms with Gasteiger partial charge >= 0.3 is 6.03 Å². The Labute approximate surface area is 147 Å². The lowest BCUT2D eigenvalue weighted by Crippen LogP contribution is -2.39. The first-order chi connectivity index (χ1) is 11.7.